The van der Waals surface area contributed by atoms with Crippen molar-refractivity contribution >= 4 is 11.7 Å². The van der Waals surface area contributed by atoms with E-state index in [0.29, 0.717) is 25.3 Å². The van der Waals surface area contributed by atoms with Gasteiger partial charge < -0.3 is 15.0 Å². The number of nitrogens with zero attached hydrogens (tertiary/aromatic N) is 3. The van der Waals surface area contributed by atoms with Gasteiger partial charge in [-0.3, -0.25) is 4.79 Å². The van der Waals surface area contributed by atoms with Crippen LogP contribution >= 0.6 is 0 Å². The average molecular weight is 388 g/mol. The minimum atomic E-state index is -0.0656. The molecule has 0 radical (unpaired) electrons. The van der Waals surface area contributed by atoms with Crippen molar-refractivity contribution in [2.45, 2.75) is 6.42 Å². The smallest absolute Gasteiger partial charge is 0.251 e. The Morgan fingerprint density at radius 2 is 1.76 bits per heavy atom. The van der Waals surface area contributed by atoms with Crippen LogP contribution in [0.2, 0.25) is 0 Å². The molecule has 0 unspecified atom stereocenters. The Bertz CT molecular complexity index is 939. The second-order valence-electron chi connectivity index (χ2n) is 6.93. The fourth-order valence-corrected chi connectivity index (χ4v) is 3.33. The van der Waals surface area contributed by atoms with Gasteiger partial charge in [0.15, 0.2) is 0 Å². The van der Waals surface area contributed by atoms with E-state index in [-0.39, 0.29) is 5.91 Å². The van der Waals surface area contributed by atoms with Crippen molar-refractivity contribution in [2.75, 3.05) is 37.7 Å². The first kappa shape index (κ1) is 19.1. The molecule has 0 aliphatic carbocycles. The number of benzene rings is 2. The lowest BCUT2D eigenvalue weighted by Gasteiger charge is -2.27. The van der Waals surface area contributed by atoms with Crippen LogP contribution in [-0.4, -0.2) is 48.7 Å². The Hall–Kier alpha value is -3.25. The fraction of sp³-hybridized carbons (Fsp3) is 0.261. The van der Waals surface area contributed by atoms with Crippen LogP contribution in [0.4, 0.5) is 5.82 Å². The van der Waals surface area contributed by atoms with Crippen molar-refractivity contribution in [3.8, 4) is 11.3 Å². The number of carbonyl (C=O) groups is 1. The number of morpholine rings is 1. The van der Waals surface area contributed by atoms with E-state index < -0.39 is 0 Å². The highest BCUT2D eigenvalue weighted by atomic mass is 16.5. The number of nitrogens with one attached hydrogen (secondary N) is 1. The number of carbonyl (C=O) groups excluding carboxylic acids is 1. The van der Waals surface area contributed by atoms with Crippen molar-refractivity contribution in [3.63, 3.8) is 0 Å². The SMILES string of the molecule is O=C(NCCc1ccccc1)c1ccc(-c2cc(N3CCOCC3)ncn2)cc1. The van der Waals surface area contributed by atoms with Gasteiger partial charge in [0.1, 0.15) is 12.1 Å². The Labute approximate surface area is 170 Å². The van der Waals surface area contributed by atoms with E-state index in [4.69, 9.17) is 4.74 Å². The number of aromatic nitrogens is 2. The second-order valence-corrected chi connectivity index (χ2v) is 6.93. The molecule has 0 atom stereocenters. The molecular weight excluding hydrogens is 364 g/mol. The van der Waals surface area contributed by atoms with Gasteiger partial charge in [-0.05, 0) is 24.1 Å². The van der Waals surface area contributed by atoms with Gasteiger partial charge >= 0.3 is 0 Å². The van der Waals surface area contributed by atoms with Gasteiger partial charge in [0.05, 0.1) is 18.9 Å². The molecule has 6 nitrogen and oxygen atoms in total. The zero-order chi connectivity index (χ0) is 19.9. The lowest BCUT2D eigenvalue weighted by Crippen LogP contribution is -2.36. The maximum absolute atomic E-state index is 12.4. The zero-order valence-corrected chi connectivity index (χ0v) is 16.3. The van der Waals surface area contributed by atoms with Crippen LogP contribution < -0.4 is 10.2 Å². The average Bonchev–Trinajstić information content (AvgIpc) is 2.80. The second kappa shape index (κ2) is 9.30. The predicted molar refractivity (Wildman–Crippen MR) is 113 cm³/mol. The van der Waals surface area contributed by atoms with E-state index in [9.17, 15) is 4.79 Å². The molecule has 0 saturated carbocycles. The van der Waals surface area contributed by atoms with Crippen LogP contribution in [0.5, 0.6) is 0 Å². The number of amides is 1. The molecule has 148 valence electrons. The Morgan fingerprint density at radius 3 is 2.52 bits per heavy atom. The van der Waals surface area contributed by atoms with Crippen molar-refractivity contribution in [3.05, 3.63) is 78.1 Å². The predicted octanol–water partition coefficient (Wildman–Crippen LogP) is 2.95. The van der Waals surface area contributed by atoms with Gasteiger partial charge in [-0.2, -0.15) is 0 Å². The zero-order valence-electron chi connectivity index (χ0n) is 16.3. The number of hydrogen-bond acceptors (Lipinski definition) is 5. The van der Waals surface area contributed by atoms with Gasteiger partial charge in [-0.1, -0.05) is 42.5 Å². The summed E-state index contributed by atoms with van der Waals surface area (Å²) in [6, 6.07) is 19.6. The van der Waals surface area contributed by atoms with E-state index in [2.05, 4.69) is 32.3 Å². The van der Waals surface area contributed by atoms with E-state index in [1.165, 1.54) is 5.56 Å². The largest absolute Gasteiger partial charge is 0.378 e. The van der Waals surface area contributed by atoms with Crippen LogP contribution in [0.3, 0.4) is 0 Å². The number of rotatable bonds is 6. The standard InChI is InChI=1S/C23H24N4O2/c28-23(24-11-10-18-4-2-1-3-5-18)20-8-6-19(7-9-20)21-16-22(26-17-25-21)27-12-14-29-15-13-27/h1-9,16-17H,10-15H2,(H,24,28). The van der Waals surface area contributed by atoms with Crippen molar-refractivity contribution < 1.29 is 9.53 Å². The summed E-state index contributed by atoms with van der Waals surface area (Å²) in [5.74, 6) is 0.838. The molecule has 2 aromatic carbocycles. The van der Waals surface area contributed by atoms with Crippen LogP contribution in [0, 0.1) is 0 Å². The van der Waals surface area contributed by atoms with Crippen molar-refractivity contribution in [2.24, 2.45) is 0 Å². The third-order valence-corrected chi connectivity index (χ3v) is 4.97. The normalized spacial score (nSPS) is 13.9. The summed E-state index contributed by atoms with van der Waals surface area (Å²) in [6.07, 6.45) is 2.40. The van der Waals surface area contributed by atoms with Gasteiger partial charge in [0, 0.05) is 36.8 Å². The van der Waals surface area contributed by atoms with Crippen LogP contribution in [0.25, 0.3) is 11.3 Å². The topological polar surface area (TPSA) is 67.4 Å². The third kappa shape index (κ3) is 4.97. The first-order chi connectivity index (χ1) is 14.3. The van der Waals surface area contributed by atoms with Gasteiger partial charge in [0.2, 0.25) is 0 Å². The van der Waals surface area contributed by atoms with E-state index in [0.717, 1.165) is 36.6 Å². The number of ether oxygens (including phenoxy) is 1. The summed E-state index contributed by atoms with van der Waals surface area (Å²) in [6.45, 7) is 3.71. The van der Waals surface area contributed by atoms with Gasteiger partial charge in [0.25, 0.3) is 5.91 Å². The highest BCUT2D eigenvalue weighted by Crippen LogP contribution is 2.21. The number of hydrogen-bond donors (Lipinski definition) is 1. The summed E-state index contributed by atoms with van der Waals surface area (Å²) >= 11 is 0. The molecule has 1 N–H and O–H groups in total. The van der Waals surface area contributed by atoms with E-state index in [1.807, 2.05) is 48.5 Å². The Kier molecular flexibility index (Phi) is 6.12. The lowest BCUT2D eigenvalue weighted by atomic mass is 10.1. The number of anilines is 1. The highest BCUT2D eigenvalue weighted by Gasteiger charge is 2.14. The molecular formula is C23H24N4O2. The van der Waals surface area contributed by atoms with Crippen molar-refractivity contribution in [1.82, 2.24) is 15.3 Å². The molecule has 3 aromatic rings. The molecule has 29 heavy (non-hydrogen) atoms. The lowest BCUT2D eigenvalue weighted by molar-refractivity contribution is 0.0954. The molecule has 6 heteroatoms. The summed E-state index contributed by atoms with van der Waals surface area (Å²) < 4.78 is 5.40. The molecule has 1 aromatic heterocycles. The maximum atomic E-state index is 12.4. The molecule has 1 aliphatic rings. The van der Waals surface area contributed by atoms with E-state index >= 15 is 0 Å². The molecule has 1 fully saturated rings. The molecule has 0 bridgehead atoms. The minimum absolute atomic E-state index is 0.0656. The molecule has 0 spiro atoms. The fourth-order valence-electron chi connectivity index (χ4n) is 3.33. The summed E-state index contributed by atoms with van der Waals surface area (Å²) in [5.41, 5.74) is 3.66. The third-order valence-electron chi connectivity index (χ3n) is 4.97. The summed E-state index contributed by atoms with van der Waals surface area (Å²) in [5, 5.41) is 2.98. The highest BCUT2D eigenvalue weighted by molar-refractivity contribution is 5.94. The monoisotopic (exact) mass is 388 g/mol. The molecule has 1 saturated heterocycles. The first-order valence-corrected chi connectivity index (χ1v) is 9.87. The van der Waals surface area contributed by atoms with Crippen LogP contribution in [0.15, 0.2) is 67.0 Å². The molecule has 1 aliphatic heterocycles. The van der Waals surface area contributed by atoms with Crippen molar-refractivity contribution in [1.29, 1.82) is 0 Å². The minimum Gasteiger partial charge on any atom is -0.378 e. The summed E-state index contributed by atoms with van der Waals surface area (Å²) in [7, 11) is 0. The quantitative estimate of drug-likeness (QED) is 0.703. The first-order valence-electron chi connectivity index (χ1n) is 9.87. The molecule has 4 rings (SSSR count). The maximum Gasteiger partial charge on any atom is 0.251 e. The van der Waals surface area contributed by atoms with E-state index in [1.54, 1.807) is 6.33 Å². The molecule has 2 heterocycles. The Morgan fingerprint density at radius 1 is 1.00 bits per heavy atom. The van der Waals surface area contributed by atoms with Crippen LogP contribution in [-0.2, 0) is 11.2 Å². The molecule has 1 amide bonds. The van der Waals surface area contributed by atoms with Gasteiger partial charge in [-0.25, -0.2) is 9.97 Å². The Balaban J connectivity index is 1.38. The van der Waals surface area contributed by atoms with Gasteiger partial charge in [-0.15, -0.1) is 0 Å². The summed E-state index contributed by atoms with van der Waals surface area (Å²) in [4.78, 5) is 23.4. The van der Waals surface area contributed by atoms with Crippen LogP contribution in [0.1, 0.15) is 15.9 Å².